The van der Waals surface area contributed by atoms with Crippen LogP contribution in [0, 0.1) is 0 Å². The lowest BCUT2D eigenvalue weighted by Crippen LogP contribution is -2.59. The lowest BCUT2D eigenvalue weighted by Gasteiger charge is -2.40. The Morgan fingerprint density at radius 3 is 1.09 bits per heavy atom. The second-order valence-electron chi connectivity index (χ2n) is 11.4. The number of aliphatic hydroxyl groups excluding tert-OH is 13. The lowest BCUT2D eigenvalue weighted by molar-refractivity contribution is -0.374. The molecule has 0 radical (unpaired) electrons. The molecular weight excluding hydrogens is 624 g/mol. The van der Waals surface area contributed by atoms with Gasteiger partial charge in [0, 0.05) is 0 Å². The highest BCUT2D eigenvalue weighted by atomic mass is 16.8. The van der Waals surface area contributed by atoms with Crippen molar-refractivity contribution in [3.8, 4) is 0 Å². The predicted molar refractivity (Wildman–Crippen MR) is 134 cm³/mol. The molecular formula is C24H42O21. The lowest BCUT2D eigenvalue weighted by atomic mass is 10.0. The normalized spacial score (nSPS) is 51.9. The molecule has 21 nitrogen and oxygen atoms in total. The largest absolute Gasteiger partial charge is 0.394 e. The van der Waals surface area contributed by atoms with Gasteiger partial charge in [0.15, 0.2) is 0 Å². The summed E-state index contributed by atoms with van der Waals surface area (Å²) >= 11 is 0. The molecule has 0 bridgehead atoms. The predicted octanol–water partition coefficient (Wildman–Crippen LogP) is -9.74. The summed E-state index contributed by atoms with van der Waals surface area (Å²) in [5.41, 5.74) is 0. The molecule has 4 aliphatic rings. The molecule has 4 fully saturated rings. The van der Waals surface area contributed by atoms with E-state index >= 15 is 0 Å². The molecule has 4 saturated heterocycles. The summed E-state index contributed by atoms with van der Waals surface area (Å²) in [4.78, 5) is 0. The maximum absolute atomic E-state index is 11.0. The van der Waals surface area contributed by atoms with E-state index in [0.717, 1.165) is 0 Å². The van der Waals surface area contributed by atoms with Crippen LogP contribution in [0.25, 0.3) is 0 Å². The van der Waals surface area contributed by atoms with E-state index in [9.17, 15) is 71.5 Å². The summed E-state index contributed by atoms with van der Waals surface area (Å²) in [7, 11) is 0. The van der Waals surface area contributed by atoms with Crippen LogP contribution in [0.4, 0.5) is 0 Å². The van der Waals surface area contributed by atoms with Crippen LogP contribution in [0.3, 0.4) is 0 Å². The fourth-order valence-corrected chi connectivity index (χ4v) is 5.68. The number of hydrogen-bond donors (Lipinski definition) is 14. The van der Waals surface area contributed by atoms with Crippen LogP contribution in [0.15, 0.2) is 0 Å². The first-order valence-corrected chi connectivity index (χ1v) is 14.0. The SMILES string of the molecule is OCC1OC(O)(COC2(COC3(COC4(CO)OC(CO)C(O)C4O)OC(CO)C(O)C3O)OC(CO)C(O)C2O)C(O)C1O. The minimum atomic E-state index is -2.72. The Hall–Kier alpha value is -0.840. The zero-order chi connectivity index (χ0) is 33.5. The number of rotatable bonds is 14. The van der Waals surface area contributed by atoms with E-state index in [4.69, 9.17) is 33.2 Å². The van der Waals surface area contributed by atoms with E-state index in [-0.39, 0.29) is 0 Å². The van der Waals surface area contributed by atoms with Crippen LogP contribution in [-0.4, -0.2) is 221 Å². The van der Waals surface area contributed by atoms with Crippen molar-refractivity contribution in [3.63, 3.8) is 0 Å². The molecule has 0 spiro atoms. The molecule has 0 saturated carbocycles. The van der Waals surface area contributed by atoms with Gasteiger partial charge >= 0.3 is 0 Å². The Morgan fingerprint density at radius 2 is 0.733 bits per heavy atom. The number of aliphatic hydroxyl groups is 14. The molecule has 0 aliphatic carbocycles. The van der Waals surface area contributed by atoms with Gasteiger partial charge in [0.1, 0.15) is 99.7 Å². The summed E-state index contributed by atoms with van der Waals surface area (Å²) < 4.78 is 38.3. The van der Waals surface area contributed by atoms with Gasteiger partial charge in [-0.3, -0.25) is 0 Å². The van der Waals surface area contributed by atoms with Crippen LogP contribution < -0.4 is 0 Å². The molecule has 14 N–H and O–H groups in total. The average molecular weight is 667 g/mol. The maximum Gasteiger partial charge on any atom is 0.222 e. The van der Waals surface area contributed by atoms with Crippen LogP contribution in [-0.2, 0) is 33.2 Å². The fraction of sp³-hybridized carbons (Fsp3) is 1.00. The molecule has 264 valence electrons. The van der Waals surface area contributed by atoms with Crippen molar-refractivity contribution >= 4 is 0 Å². The van der Waals surface area contributed by atoms with Gasteiger partial charge in [0.05, 0.1) is 26.4 Å². The molecule has 4 aliphatic heterocycles. The summed E-state index contributed by atoms with van der Waals surface area (Å²) in [6, 6.07) is 0. The summed E-state index contributed by atoms with van der Waals surface area (Å²) in [5, 5.41) is 143. The van der Waals surface area contributed by atoms with E-state index in [2.05, 4.69) is 0 Å². The Morgan fingerprint density at radius 1 is 0.422 bits per heavy atom. The van der Waals surface area contributed by atoms with E-state index in [1.807, 2.05) is 0 Å². The highest BCUT2D eigenvalue weighted by molar-refractivity contribution is 5.03. The van der Waals surface area contributed by atoms with E-state index in [0.29, 0.717) is 0 Å². The Balaban J connectivity index is 1.62. The van der Waals surface area contributed by atoms with Gasteiger partial charge in [0.2, 0.25) is 23.1 Å². The standard InChI is InChI=1S/C24H42O21/c25-1-9-13(30)17(34)21(38,42-9)6-39-23(19(36)15(32)11(3-27)44-23)8-41-24(20(37)16(33)12(4-28)45-24)7-40-22(5-29)18(35)14(31)10(2-26)43-22/h9-20,25-38H,1-8H2. The fourth-order valence-electron chi connectivity index (χ4n) is 5.68. The van der Waals surface area contributed by atoms with Gasteiger partial charge in [-0.15, -0.1) is 0 Å². The van der Waals surface area contributed by atoms with E-state index in [1.54, 1.807) is 0 Å². The minimum Gasteiger partial charge on any atom is -0.394 e. The van der Waals surface area contributed by atoms with Crippen molar-refractivity contribution < 1.29 is 105 Å². The molecule has 16 unspecified atom stereocenters. The molecule has 4 rings (SSSR count). The minimum absolute atomic E-state index is 0.806. The highest BCUT2D eigenvalue weighted by Gasteiger charge is 2.64. The maximum atomic E-state index is 11.0. The van der Waals surface area contributed by atoms with E-state index in [1.165, 1.54) is 0 Å². The van der Waals surface area contributed by atoms with Gasteiger partial charge < -0.3 is 105 Å². The first-order valence-electron chi connectivity index (χ1n) is 14.0. The quantitative estimate of drug-likeness (QED) is 0.0818. The summed E-state index contributed by atoms with van der Waals surface area (Å²) in [6.45, 7) is -7.85. The zero-order valence-electron chi connectivity index (χ0n) is 23.7. The first kappa shape index (κ1) is 37.0. The molecule has 16 atom stereocenters. The monoisotopic (exact) mass is 666 g/mol. The van der Waals surface area contributed by atoms with Gasteiger partial charge in [-0.2, -0.15) is 0 Å². The van der Waals surface area contributed by atoms with Crippen molar-refractivity contribution in [2.45, 2.75) is 96.4 Å². The molecule has 0 aromatic heterocycles. The molecule has 4 heterocycles. The average Bonchev–Trinajstić information content (AvgIpc) is 3.63. The summed E-state index contributed by atoms with van der Waals surface area (Å²) in [5.74, 6) is -10.4. The number of hydrogen-bond acceptors (Lipinski definition) is 21. The third-order valence-corrected chi connectivity index (χ3v) is 8.54. The van der Waals surface area contributed by atoms with Gasteiger partial charge in [-0.1, -0.05) is 0 Å². The second kappa shape index (κ2) is 13.9. The zero-order valence-corrected chi connectivity index (χ0v) is 23.7. The van der Waals surface area contributed by atoms with Crippen LogP contribution in [0.1, 0.15) is 0 Å². The van der Waals surface area contributed by atoms with Crippen molar-refractivity contribution in [2.75, 3.05) is 52.9 Å². The smallest absolute Gasteiger partial charge is 0.222 e. The molecule has 0 amide bonds. The second-order valence-corrected chi connectivity index (χ2v) is 11.4. The van der Waals surface area contributed by atoms with Crippen LogP contribution >= 0.6 is 0 Å². The molecule has 45 heavy (non-hydrogen) atoms. The molecule has 21 heteroatoms. The van der Waals surface area contributed by atoms with E-state index < -0.39 is 149 Å². The first-order chi connectivity index (χ1) is 21.1. The topological polar surface area (TPSA) is 348 Å². The van der Waals surface area contributed by atoms with Crippen LogP contribution in [0.2, 0.25) is 0 Å². The molecule has 0 aromatic rings. The third-order valence-electron chi connectivity index (χ3n) is 8.54. The van der Waals surface area contributed by atoms with Crippen LogP contribution in [0.5, 0.6) is 0 Å². The Kier molecular flexibility index (Phi) is 11.5. The van der Waals surface area contributed by atoms with Gasteiger partial charge in [-0.05, 0) is 0 Å². The van der Waals surface area contributed by atoms with Crippen molar-refractivity contribution in [3.05, 3.63) is 0 Å². The Labute approximate surface area is 254 Å². The van der Waals surface area contributed by atoms with Gasteiger partial charge in [0.25, 0.3) is 0 Å². The van der Waals surface area contributed by atoms with Gasteiger partial charge in [-0.25, -0.2) is 0 Å². The molecule has 0 aromatic carbocycles. The van der Waals surface area contributed by atoms with Crippen molar-refractivity contribution in [1.29, 1.82) is 0 Å². The third kappa shape index (κ3) is 6.37. The highest BCUT2D eigenvalue weighted by Crippen LogP contribution is 2.41. The Bertz CT molecular complexity index is 979. The number of ether oxygens (including phenoxy) is 7. The van der Waals surface area contributed by atoms with Crippen molar-refractivity contribution in [2.24, 2.45) is 0 Å². The summed E-state index contributed by atoms with van der Waals surface area (Å²) in [6.07, 6.45) is -21.5. The van der Waals surface area contributed by atoms with Crippen molar-refractivity contribution in [1.82, 2.24) is 0 Å².